The monoisotopic (exact) mass is 586 g/mol. The third-order valence-corrected chi connectivity index (χ3v) is 13.0. The number of nitrogens with zero attached hydrogens (tertiary/aromatic N) is 3. The largest absolute Gasteiger partial charge is 0.412 e. The number of nitrogens with one attached hydrogen (secondary N) is 2. The van der Waals surface area contributed by atoms with Crippen molar-refractivity contribution in [3.05, 3.63) is 76.5 Å². The topological polar surface area (TPSA) is 128 Å². The van der Waals surface area contributed by atoms with Crippen LogP contribution in [0.5, 0.6) is 0 Å². The van der Waals surface area contributed by atoms with Gasteiger partial charge >= 0.3 is 0 Å². The second kappa shape index (κ2) is 10.7. The van der Waals surface area contributed by atoms with Crippen molar-refractivity contribution in [2.45, 2.75) is 45.5 Å². The molecule has 5 rings (SSSR count). The highest BCUT2D eigenvalue weighted by Crippen LogP contribution is 2.41. The average molecular weight is 587 g/mol. The molecular weight excluding hydrogens is 553 g/mol. The molecule has 0 aliphatic carbocycles. The van der Waals surface area contributed by atoms with E-state index in [-0.39, 0.29) is 10.9 Å². The van der Waals surface area contributed by atoms with Crippen molar-refractivity contribution in [3.8, 4) is 22.4 Å². The Morgan fingerprint density at radius 1 is 1.17 bits per heavy atom. The van der Waals surface area contributed by atoms with Crippen LogP contribution in [0.1, 0.15) is 46.5 Å². The van der Waals surface area contributed by atoms with E-state index in [1.54, 1.807) is 28.5 Å². The van der Waals surface area contributed by atoms with E-state index in [2.05, 4.69) is 54.2 Å². The molecule has 0 fully saturated rings. The summed E-state index contributed by atoms with van der Waals surface area (Å²) in [5.41, 5.74) is 11.8. The van der Waals surface area contributed by atoms with Gasteiger partial charge in [0, 0.05) is 52.7 Å². The summed E-state index contributed by atoms with van der Waals surface area (Å²) in [6.07, 6.45) is 5.28. The Balaban J connectivity index is 1.68. The molecule has 212 valence electrons. The highest BCUT2D eigenvalue weighted by molar-refractivity contribution is 7.11. The first kappa shape index (κ1) is 28.5. The van der Waals surface area contributed by atoms with E-state index in [4.69, 9.17) is 10.2 Å². The number of benzene rings is 2. The molecule has 0 saturated carbocycles. The minimum absolute atomic E-state index is 0.00189. The molecule has 0 unspecified atom stereocenters. The Labute approximate surface area is 243 Å². The molecule has 0 saturated heterocycles. The summed E-state index contributed by atoms with van der Waals surface area (Å²) < 4.78 is 8.41. The fourth-order valence-electron chi connectivity index (χ4n) is 4.47. The lowest BCUT2D eigenvalue weighted by Crippen LogP contribution is -2.40. The van der Waals surface area contributed by atoms with Gasteiger partial charge in [0.2, 0.25) is 0 Å². The number of anilines is 1. The van der Waals surface area contributed by atoms with Crippen molar-refractivity contribution >= 4 is 48.1 Å². The number of fused-ring (bicyclic) bond motifs is 1. The van der Waals surface area contributed by atoms with Crippen LogP contribution in [0.4, 0.5) is 5.69 Å². The summed E-state index contributed by atoms with van der Waals surface area (Å²) in [6, 6.07) is 11.5. The second-order valence-electron chi connectivity index (χ2n) is 11.6. The Morgan fingerprint density at radius 2 is 1.95 bits per heavy atom. The van der Waals surface area contributed by atoms with Gasteiger partial charge in [0.15, 0.2) is 13.3 Å². The lowest BCUT2D eigenvalue weighted by molar-refractivity contribution is 0.0998. The molecule has 4 N–H and O–H groups in total. The van der Waals surface area contributed by atoms with Crippen LogP contribution in [0.3, 0.4) is 0 Å². The lowest BCUT2D eigenvalue weighted by Gasteiger charge is -2.36. The van der Waals surface area contributed by atoms with Crippen molar-refractivity contribution in [2.75, 3.05) is 5.32 Å². The normalized spacial score (nSPS) is 12.1. The van der Waals surface area contributed by atoms with Crippen molar-refractivity contribution in [1.82, 2.24) is 19.7 Å². The molecule has 3 heterocycles. The molecule has 9 nitrogen and oxygen atoms in total. The van der Waals surface area contributed by atoms with Crippen LogP contribution in [-0.2, 0) is 18.1 Å². The van der Waals surface area contributed by atoms with Crippen LogP contribution in [0.25, 0.3) is 33.3 Å². The predicted molar refractivity (Wildman–Crippen MR) is 167 cm³/mol. The number of thiazole rings is 1. The first-order valence-electron chi connectivity index (χ1n) is 13.3. The fourth-order valence-corrected chi connectivity index (χ4v) is 5.94. The average Bonchev–Trinajstić information content (AvgIpc) is 3.67. The summed E-state index contributed by atoms with van der Waals surface area (Å²) in [5.74, 6) is -0.799. The van der Waals surface area contributed by atoms with E-state index in [0.29, 0.717) is 28.4 Å². The number of aromatic nitrogens is 4. The zero-order valence-electron chi connectivity index (χ0n) is 24.0. The van der Waals surface area contributed by atoms with Crippen LogP contribution >= 0.6 is 11.3 Å². The quantitative estimate of drug-likeness (QED) is 0.177. The smallest absolute Gasteiger partial charge is 0.284 e. The van der Waals surface area contributed by atoms with Crippen LogP contribution in [-0.4, -0.2) is 39.9 Å². The molecule has 0 aliphatic heterocycles. The van der Waals surface area contributed by atoms with E-state index >= 15 is 0 Å². The maximum absolute atomic E-state index is 13.1. The number of carbonyl (C=O) groups excluding carboxylic acids is 2. The van der Waals surface area contributed by atoms with Crippen LogP contribution in [0, 0.1) is 0 Å². The predicted octanol–water partition coefficient (Wildman–Crippen LogP) is 6.56. The number of primary amides is 1. The molecule has 2 aromatic carbocycles. The number of hydrogen-bond acceptors (Lipinski definition) is 6. The standard InChI is InChI=1S/C30H34N6O3SSi/c1-30(2,3)41(5,6)39-17-23-19(8-7-9-24(23)35-28(38)29-32-12-13-40-29)20-10-11-21(27(31)37)26-22(20)14-25(34-26)18-15-33-36(4)16-18/h7-16,34H,17H2,1-6H3,(H2,31,37)(H,35,38). The lowest BCUT2D eigenvalue weighted by atomic mass is 9.94. The van der Waals surface area contributed by atoms with Crippen molar-refractivity contribution in [1.29, 1.82) is 0 Å². The molecule has 0 radical (unpaired) electrons. The van der Waals surface area contributed by atoms with Gasteiger partial charge in [0.25, 0.3) is 11.8 Å². The van der Waals surface area contributed by atoms with E-state index in [1.807, 2.05) is 43.6 Å². The Morgan fingerprint density at radius 3 is 2.59 bits per heavy atom. The summed E-state index contributed by atoms with van der Waals surface area (Å²) in [7, 11) is -0.289. The third-order valence-electron chi connectivity index (χ3n) is 7.80. The molecule has 41 heavy (non-hydrogen) atoms. The van der Waals surface area contributed by atoms with Gasteiger partial charge in [-0.15, -0.1) is 11.3 Å². The molecule has 2 amide bonds. The first-order chi connectivity index (χ1) is 19.4. The van der Waals surface area contributed by atoms with E-state index < -0.39 is 14.2 Å². The molecular formula is C30H34N6O3SSi. The molecule has 0 atom stereocenters. The number of nitrogens with two attached hydrogens (primary N) is 1. The van der Waals surface area contributed by atoms with Gasteiger partial charge in [-0.2, -0.15) is 5.10 Å². The van der Waals surface area contributed by atoms with Gasteiger partial charge in [0.1, 0.15) is 0 Å². The first-order valence-corrected chi connectivity index (χ1v) is 17.1. The van der Waals surface area contributed by atoms with Gasteiger partial charge in [-0.25, -0.2) is 4.98 Å². The second-order valence-corrected chi connectivity index (χ2v) is 17.3. The maximum Gasteiger partial charge on any atom is 0.284 e. The highest BCUT2D eigenvalue weighted by atomic mass is 32.1. The zero-order chi connectivity index (χ0) is 29.5. The summed E-state index contributed by atoms with van der Waals surface area (Å²) >= 11 is 1.28. The van der Waals surface area contributed by atoms with Gasteiger partial charge in [-0.1, -0.05) is 39.0 Å². The third kappa shape index (κ3) is 5.60. The molecule has 0 spiro atoms. The summed E-state index contributed by atoms with van der Waals surface area (Å²) in [4.78, 5) is 33.0. The number of rotatable bonds is 8. The summed E-state index contributed by atoms with van der Waals surface area (Å²) in [6.45, 7) is 11.3. The number of carbonyl (C=O) groups is 2. The van der Waals surface area contributed by atoms with Crippen molar-refractivity contribution in [3.63, 3.8) is 0 Å². The Kier molecular flexibility index (Phi) is 7.45. The van der Waals surface area contributed by atoms with Gasteiger partial charge in [-0.05, 0) is 47.5 Å². The van der Waals surface area contributed by atoms with Gasteiger partial charge in [-0.3, -0.25) is 14.3 Å². The van der Waals surface area contributed by atoms with Gasteiger partial charge < -0.3 is 20.5 Å². The Bertz CT molecular complexity index is 1750. The highest BCUT2D eigenvalue weighted by Gasteiger charge is 2.37. The molecule has 5 aromatic rings. The number of H-pyrrole nitrogens is 1. The van der Waals surface area contributed by atoms with Crippen LogP contribution < -0.4 is 11.1 Å². The minimum atomic E-state index is -2.14. The van der Waals surface area contributed by atoms with E-state index in [9.17, 15) is 9.59 Å². The summed E-state index contributed by atoms with van der Waals surface area (Å²) in [5, 5.41) is 10.3. The molecule has 0 aliphatic rings. The number of aryl methyl sites for hydroxylation is 1. The Hall–Kier alpha value is -4.06. The van der Waals surface area contributed by atoms with Crippen LogP contribution in [0.15, 0.2) is 60.4 Å². The fraction of sp³-hybridized carbons (Fsp3) is 0.267. The van der Waals surface area contributed by atoms with E-state index in [0.717, 1.165) is 33.3 Å². The van der Waals surface area contributed by atoms with Crippen molar-refractivity contribution in [2.24, 2.45) is 12.8 Å². The van der Waals surface area contributed by atoms with Crippen molar-refractivity contribution < 1.29 is 14.0 Å². The minimum Gasteiger partial charge on any atom is -0.412 e. The molecule has 11 heteroatoms. The molecule has 3 aromatic heterocycles. The van der Waals surface area contributed by atoms with Gasteiger partial charge in [0.05, 0.1) is 23.9 Å². The number of hydrogen-bond donors (Lipinski definition) is 3. The number of aromatic amines is 1. The SMILES string of the molecule is Cn1cc(-c2cc3c(-c4cccc(NC(=O)c5nccs5)c4CO[Si](C)(C)C(C)(C)C)ccc(C(N)=O)c3[nH]2)cn1. The zero-order valence-corrected chi connectivity index (χ0v) is 25.8. The van der Waals surface area contributed by atoms with E-state index in [1.165, 1.54) is 11.3 Å². The number of amides is 2. The maximum atomic E-state index is 13.1. The van der Waals surface area contributed by atoms with Crippen LogP contribution in [0.2, 0.25) is 18.1 Å². The molecule has 0 bridgehead atoms.